The molecular formula is C15H18N2O3S. The number of H-pyrrole nitrogens is 1. The molecule has 0 saturated heterocycles. The summed E-state index contributed by atoms with van der Waals surface area (Å²) in [5.74, 6) is 1.15. The fourth-order valence-electron chi connectivity index (χ4n) is 2.09. The minimum Gasteiger partial charge on any atom is -0.490 e. The molecule has 0 saturated carbocycles. The standard InChI is InChI=1S/C15H18N2O3S/c1-4-7-17-14(18)10-8-12(19-5-2)13(20-6-3)9-11(10)16-15(17)21/h4,8-9H,1,5-7H2,2-3H3,(H,16,21). The molecule has 6 heteroatoms. The van der Waals surface area contributed by atoms with Crippen LogP contribution in [-0.2, 0) is 6.54 Å². The lowest BCUT2D eigenvalue weighted by Gasteiger charge is -2.13. The number of aromatic nitrogens is 2. The Morgan fingerprint density at radius 2 is 1.90 bits per heavy atom. The van der Waals surface area contributed by atoms with Gasteiger partial charge in [-0.3, -0.25) is 9.36 Å². The van der Waals surface area contributed by atoms with Gasteiger partial charge in [-0.2, -0.15) is 0 Å². The average molecular weight is 306 g/mol. The number of hydrogen-bond donors (Lipinski definition) is 1. The maximum absolute atomic E-state index is 12.5. The molecule has 1 aromatic carbocycles. The highest BCUT2D eigenvalue weighted by atomic mass is 32.1. The van der Waals surface area contributed by atoms with Gasteiger partial charge in [0.1, 0.15) is 0 Å². The smallest absolute Gasteiger partial charge is 0.262 e. The molecule has 2 aromatic rings. The second-order valence-corrected chi connectivity index (χ2v) is 4.73. The topological polar surface area (TPSA) is 56.2 Å². The van der Waals surface area contributed by atoms with Crippen LogP contribution in [0, 0.1) is 4.77 Å². The molecule has 0 fully saturated rings. The van der Waals surface area contributed by atoms with Crippen LogP contribution in [0.5, 0.6) is 11.5 Å². The van der Waals surface area contributed by atoms with Crippen molar-refractivity contribution >= 4 is 23.1 Å². The third kappa shape index (κ3) is 3.00. The van der Waals surface area contributed by atoms with Crippen molar-refractivity contribution in [2.75, 3.05) is 13.2 Å². The van der Waals surface area contributed by atoms with Gasteiger partial charge >= 0.3 is 0 Å². The van der Waals surface area contributed by atoms with Gasteiger partial charge in [0.05, 0.1) is 24.1 Å². The summed E-state index contributed by atoms with van der Waals surface area (Å²) < 4.78 is 12.9. The van der Waals surface area contributed by atoms with Gasteiger partial charge in [-0.15, -0.1) is 6.58 Å². The monoisotopic (exact) mass is 306 g/mol. The summed E-state index contributed by atoms with van der Waals surface area (Å²) in [6.45, 7) is 8.79. The first-order chi connectivity index (χ1) is 10.1. The fraction of sp³-hybridized carbons (Fsp3) is 0.333. The highest BCUT2D eigenvalue weighted by Crippen LogP contribution is 2.30. The third-order valence-corrected chi connectivity index (χ3v) is 3.28. The molecule has 0 bridgehead atoms. The van der Waals surface area contributed by atoms with Crippen LogP contribution in [0.2, 0.25) is 0 Å². The molecule has 5 nitrogen and oxygen atoms in total. The van der Waals surface area contributed by atoms with Crippen molar-refractivity contribution in [1.82, 2.24) is 9.55 Å². The Balaban J connectivity index is 2.75. The van der Waals surface area contributed by atoms with Crippen molar-refractivity contribution in [3.8, 4) is 11.5 Å². The Kier molecular flexibility index (Phi) is 4.80. The minimum atomic E-state index is -0.169. The fourth-order valence-corrected chi connectivity index (χ4v) is 2.36. The summed E-state index contributed by atoms with van der Waals surface area (Å²) in [4.78, 5) is 15.5. The van der Waals surface area contributed by atoms with Crippen molar-refractivity contribution in [1.29, 1.82) is 0 Å². The second-order valence-electron chi connectivity index (χ2n) is 4.35. The number of nitrogens with zero attached hydrogens (tertiary/aromatic N) is 1. The number of ether oxygens (including phenoxy) is 2. The van der Waals surface area contributed by atoms with E-state index in [-0.39, 0.29) is 5.56 Å². The van der Waals surface area contributed by atoms with Crippen LogP contribution in [0.25, 0.3) is 10.9 Å². The number of nitrogens with one attached hydrogen (secondary N) is 1. The summed E-state index contributed by atoms with van der Waals surface area (Å²) in [7, 11) is 0. The van der Waals surface area contributed by atoms with E-state index in [1.165, 1.54) is 4.57 Å². The van der Waals surface area contributed by atoms with E-state index in [2.05, 4.69) is 11.6 Å². The normalized spacial score (nSPS) is 10.6. The maximum atomic E-state index is 12.5. The van der Waals surface area contributed by atoms with E-state index in [9.17, 15) is 4.79 Å². The Labute approximate surface area is 127 Å². The van der Waals surface area contributed by atoms with Crippen molar-refractivity contribution in [3.63, 3.8) is 0 Å². The zero-order valence-electron chi connectivity index (χ0n) is 12.1. The highest BCUT2D eigenvalue weighted by molar-refractivity contribution is 7.71. The van der Waals surface area contributed by atoms with Gasteiger partial charge in [0.15, 0.2) is 16.3 Å². The molecule has 0 unspecified atom stereocenters. The Bertz CT molecular complexity index is 777. The van der Waals surface area contributed by atoms with Crippen LogP contribution in [0.4, 0.5) is 0 Å². The molecule has 0 aliphatic rings. The summed E-state index contributed by atoms with van der Waals surface area (Å²) in [5.41, 5.74) is 0.467. The first-order valence-electron chi connectivity index (χ1n) is 6.79. The van der Waals surface area contributed by atoms with E-state index in [0.717, 1.165) is 0 Å². The molecule has 1 heterocycles. The van der Waals surface area contributed by atoms with Crippen molar-refractivity contribution < 1.29 is 9.47 Å². The van der Waals surface area contributed by atoms with E-state index in [1.807, 2.05) is 13.8 Å². The summed E-state index contributed by atoms with van der Waals surface area (Å²) in [6.07, 6.45) is 1.63. The number of allylic oxidation sites excluding steroid dienone is 1. The van der Waals surface area contributed by atoms with Crippen LogP contribution in [0.1, 0.15) is 13.8 Å². The van der Waals surface area contributed by atoms with Crippen LogP contribution in [-0.4, -0.2) is 22.8 Å². The quantitative estimate of drug-likeness (QED) is 0.658. The number of benzene rings is 1. The molecule has 0 aliphatic heterocycles. The number of hydrogen-bond acceptors (Lipinski definition) is 4. The molecule has 1 aromatic heterocycles. The molecule has 0 atom stereocenters. The van der Waals surface area contributed by atoms with Gasteiger partial charge in [-0.1, -0.05) is 6.08 Å². The Hall–Kier alpha value is -2.08. The number of fused-ring (bicyclic) bond motifs is 1. The summed E-state index contributed by atoms with van der Waals surface area (Å²) in [6, 6.07) is 3.44. The van der Waals surface area contributed by atoms with Crippen LogP contribution in [0.15, 0.2) is 29.6 Å². The second kappa shape index (κ2) is 6.58. The molecule has 0 radical (unpaired) electrons. The zero-order chi connectivity index (χ0) is 15.4. The maximum Gasteiger partial charge on any atom is 0.262 e. The van der Waals surface area contributed by atoms with Gasteiger partial charge < -0.3 is 14.5 Å². The SMILES string of the molecule is C=CCn1c(=S)[nH]c2cc(OCC)c(OCC)cc2c1=O. The first kappa shape index (κ1) is 15.3. The van der Waals surface area contributed by atoms with Gasteiger partial charge in [0, 0.05) is 12.6 Å². The predicted molar refractivity (Wildman–Crippen MR) is 85.9 cm³/mol. The molecule has 1 N–H and O–H groups in total. The molecule has 112 valence electrons. The third-order valence-electron chi connectivity index (χ3n) is 2.96. The molecule has 0 spiro atoms. The largest absolute Gasteiger partial charge is 0.490 e. The molecule has 0 amide bonds. The van der Waals surface area contributed by atoms with E-state index < -0.39 is 0 Å². The molecule has 0 aliphatic carbocycles. The first-order valence-corrected chi connectivity index (χ1v) is 7.20. The van der Waals surface area contributed by atoms with Gasteiger partial charge in [0.2, 0.25) is 0 Å². The summed E-state index contributed by atoms with van der Waals surface area (Å²) >= 11 is 5.21. The number of rotatable bonds is 6. The Morgan fingerprint density at radius 3 is 2.48 bits per heavy atom. The van der Waals surface area contributed by atoms with Gasteiger partial charge in [-0.05, 0) is 32.1 Å². The lowest BCUT2D eigenvalue weighted by molar-refractivity contribution is 0.288. The molecular weight excluding hydrogens is 288 g/mol. The van der Waals surface area contributed by atoms with E-state index in [1.54, 1.807) is 18.2 Å². The van der Waals surface area contributed by atoms with Crippen molar-refractivity contribution in [2.24, 2.45) is 0 Å². The van der Waals surface area contributed by atoms with Crippen molar-refractivity contribution in [3.05, 3.63) is 39.9 Å². The Morgan fingerprint density at radius 1 is 1.29 bits per heavy atom. The zero-order valence-corrected chi connectivity index (χ0v) is 13.0. The van der Waals surface area contributed by atoms with Crippen molar-refractivity contribution in [2.45, 2.75) is 20.4 Å². The van der Waals surface area contributed by atoms with Crippen LogP contribution in [0.3, 0.4) is 0 Å². The highest BCUT2D eigenvalue weighted by Gasteiger charge is 2.12. The van der Waals surface area contributed by atoms with Crippen LogP contribution < -0.4 is 15.0 Å². The van der Waals surface area contributed by atoms with Crippen LogP contribution >= 0.6 is 12.2 Å². The molecule has 21 heavy (non-hydrogen) atoms. The van der Waals surface area contributed by atoms with E-state index in [4.69, 9.17) is 21.7 Å². The summed E-state index contributed by atoms with van der Waals surface area (Å²) in [5, 5.41) is 0.511. The van der Waals surface area contributed by atoms with Gasteiger partial charge in [-0.25, -0.2) is 0 Å². The van der Waals surface area contributed by atoms with E-state index in [0.29, 0.717) is 46.9 Å². The lowest BCUT2D eigenvalue weighted by Crippen LogP contribution is -2.21. The lowest BCUT2D eigenvalue weighted by atomic mass is 10.2. The van der Waals surface area contributed by atoms with E-state index >= 15 is 0 Å². The average Bonchev–Trinajstić information content (AvgIpc) is 2.45. The molecule has 2 rings (SSSR count). The minimum absolute atomic E-state index is 0.169. The predicted octanol–water partition coefficient (Wildman–Crippen LogP) is 3.04. The van der Waals surface area contributed by atoms with Gasteiger partial charge in [0.25, 0.3) is 5.56 Å². The number of aromatic amines is 1.